The summed E-state index contributed by atoms with van der Waals surface area (Å²) in [4.78, 5) is 11.8. The van der Waals surface area contributed by atoms with E-state index in [-0.39, 0.29) is 7.03 Å². The second-order valence-corrected chi connectivity index (χ2v) is 9.56. The van der Waals surface area contributed by atoms with Gasteiger partial charge >= 0.3 is 0 Å². The first-order chi connectivity index (χ1) is 15.8. The van der Waals surface area contributed by atoms with Crippen LogP contribution >= 0.6 is 0 Å². The van der Waals surface area contributed by atoms with E-state index in [2.05, 4.69) is 69.8 Å². The zero-order valence-corrected chi connectivity index (χ0v) is 18.4. The van der Waals surface area contributed by atoms with Crippen LogP contribution in [0.4, 0.5) is 11.6 Å². The van der Waals surface area contributed by atoms with Gasteiger partial charge in [0, 0.05) is 38.9 Å². The average Bonchev–Trinajstić information content (AvgIpc) is 3.71. The first-order valence-electron chi connectivity index (χ1n) is 11.9. The maximum Gasteiger partial charge on any atom is 0.227 e. The molecule has 1 spiro atoms. The minimum Gasteiger partial charge on any atom is -0.370 e. The van der Waals surface area contributed by atoms with E-state index in [1.807, 2.05) is 12.3 Å². The highest BCUT2D eigenvalue weighted by molar-refractivity contribution is 5.76. The number of hydrogen-bond donors (Lipinski definition) is 1. The Morgan fingerprint density at radius 1 is 1.22 bits per heavy atom. The lowest BCUT2D eigenvalue weighted by Gasteiger charge is -2.21. The van der Waals surface area contributed by atoms with E-state index in [9.17, 15) is 0 Å². The highest BCUT2D eigenvalue weighted by Gasteiger charge is 2.53. The molecule has 0 amide bonds. The highest BCUT2D eigenvalue weighted by Crippen LogP contribution is 2.53. The number of nitrogens with zero attached hydrogens (tertiary/aromatic N) is 3. The second kappa shape index (κ2) is 8.30. The minimum atomic E-state index is -0.145. The normalized spacial score (nSPS) is 28.5. The van der Waals surface area contributed by atoms with Crippen molar-refractivity contribution in [1.82, 2.24) is 14.9 Å². The van der Waals surface area contributed by atoms with Crippen LogP contribution in [0.5, 0.6) is 0 Å². The monoisotopic (exact) mass is 428 g/mol. The molecular weight excluding hydrogens is 396 g/mol. The van der Waals surface area contributed by atoms with Crippen LogP contribution in [0.25, 0.3) is 5.57 Å². The van der Waals surface area contributed by atoms with Crippen molar-refractivity contribution in [3.05, 3.63) is 78.2 Å². The molecule has 2 saturated carbocycles. The van der Waals surface area contributed by atoms with Gasteiger partial charge in [0.25, 0.3) is 0 Å². The summed E-state index contributed by atoms with van der Waals surface area (Å²) in [6.45, 7) is 3.87. The fourth-order valence-electron chi connectivity index (χ4n) is 4.82. The number of fused-ring (bicyclic) bond motifs is 5. The lowest BCUT2D eigenvalue weighted by Crippen LogP contribution is -2.25. The van der Waals surface area contributed by atoms with E-state index < -0.39 is 0 Å². The molecule has 2 aromatic rings. The molecule has 1 aromatic heterocycles. The Morgan fingerprint density at radius 3 is 3.12 bits per heavy atom. The molecule has 2 fully saturated rings. The number of hydrogen-bond acceptors (Lipinski definition) is 5. The van der Waals surface area contributed by atoms with E-state index in [1.54, 1.807) is 0 Å². The summed E-state index contributed by atoms with van der Waals surface area (Å²) in [5, 5.41) is 3.41. The van der Waals surface area contributed by atoms with Gasteiger partial charge in [-0.05, 0) is 67.0 Å². The molecule has 0 saturated heterocycles. The summed E-state index contributed by atoms with van der Waals surface area (Å²) < 4.78 is 6.37. The molecule has 5 nitrogen and oxygen atoms in total. The topological polar surface area (TPSA) is 50.3 Å². The fourth-order valence-corrected chi connectivity index (χ4v) is 4.82. The first kappa shape index (κ1) is 19.9. The third-order valence-corrected chi connectivity index (χ3v) is 6.85. The molecule has 1 N–H and O–H groups in total. The number of allylic oxidation sites excluding steroid dienone is 2. The standard InChI is InChI=1S/C27H30N4O.H2/c1-2-13-31(18-20-7-8-20)19-21-5-4-6-24(15-21)29-26-28-12-11-25(30-26)22-9-10-23-17-27(23,16-22)32-14-3-1;/h1-2,4-6,9-12,15-16,20,23H,3,7-8,13-14,17-19H2,(H,28,29,30);1H/b2-1+;. The molecule has 1 aromatic carbocycles. The van der Waals surface area contributed by atoms with Crippen LogP contribution in [0.2, 0.25) is 0 Å². The Bertz CT molecular complexity index is 1090. The summed E-state index contributed by atoms with van der Waals surface area (Å²) in [6.07, 6.45) is 17.9. The van der Waals surface area contributed by atoms with E-state index in [1.165, 1.54) is 24.9 Å². The van der Waals surface area contributed by atoms with Gasteiger partial charge in [-0.25, -0.2) is 9.97 Å². The summed E-state index contributed by atoms with van der Waals surface area (Å²) in [6, 6.07) is 10.6. The molecule has 166 valence electrons. The van der Waals surface area contributed by atoms with Gasteiger partial charge in [0.05, 0.1) is 17.9 Å². The molecule has 4 aliphatic rings. The lowest BCUT2D eigenvalue weighted by atomic mass is 10.0. The third-order valence-electron chi connectivity index (χ3n) is 6.85. The zero-order chi connectivity index (χ0) is 21.4. The van der Waals surface area contributed by atoms with Crippen LogP contribution in [-0.4, -0.2) is 40.2 Å². The average molecular weight is 429 g/mol. The molecular formula is C27H32N4O. The van der Waals surface area contributed by atoms with E-state index in [0.717, 1.165) is 55.4 Å². The maximum atomic E-state index is 6.37. The van der Waals surface area contributed by atoms with Crippen LogP contribution in [0.3, 0.4) is 0 Å². The van der Waals surface area contributed by atoms with Gasteiger partial charge in [-0.2, -0.15) is 0 Å². The number of anilines is 2. The Kier molecular flexibility index (Phi) is 5.16. The van der Waals surface area contributed by atoms with Gasteiger partial charge < -0.3 is 10.1 Å². The van der Waals surface area contributed by atoms with Crippen molar-refractivity contribution in [2.45, 2.75) is 37.8 Å². The lowest BCUT2D eigenvalue weighted by molar-refractivity contribution is 0.0628. The molecule has 32 heavy (non-hydrogen) atoms. The van der Waals surface area contributed by atoms with Crippen molar-refractivity contribution in [2.24, 2.45) is 11.8 Å². The first-order valence-corrected chi connectivity index (χ1v) is 11.9. The Balaban J connectivity index is 0.00000228. The van der Waals surface area contributed by atoms with Gasteiger partial charge in [0.2, 0.25) is 5.95 Å². The van der Waals surface area contributed by atoms with Crippen molar-refractivity contribution in [3.63, 3.8) is 0 Å². The molecule has 5 heteroatoms. The Hall–Kier alpha value is -2.76. The molecule has 3 aliphatic carbocycles. The van der Waals surface area contributed by atoms with Crippen LogP contribution in [0.15, 0.2) is 66.9 Å². The maximum absolute atomic E-state index is 6.37. The molecule has 2 unspecified atom stereocenters. The van der Waals surface area contributed by atoms with Crippen LogP contribution < -0.4 is 5.32 Å². The van der Waals surface area contributed by atoms with Crippen molar-refractivity contribution in [3.8, 4) is 0 Å². The molecule has 6 bridgehead atoms. The zero-order valence-electron chi connectivity index (χ0n) is 18.4. The van der Waals surface area contributed by atoms with E-state index >= 15 is 0 Å². The molecule has 2 atom stereocenters. The van der Waals surface area contributed by atoms with Crippen LogP contribution in [0, 0.1) is 11.8 Å². The van der Waals surface area contributed by atoms with Crippen molar-refractivity contribution >= 4 is 17.2 Å². The summed E-state index contributed by atoms with van der Waals surface area (Å²) in [5.74, 6) is 1.99. The summed E-state index contributed by atoms with van der Waals surface area (Å²) in [7, 11) is 0. The van der Waals surface area contributed by atoms with Crippen LogP contribution in [0.1, 0.15) is 38.4 Å². The van der Waals surface area contributed by atoms with E-state index in [4.69, 9.17) is 9.72 Å². The molecule has 2 heterocycles. The van der Waals surface area contributed by atoms with E-state index in [0.29, 0.717) is 11.9 Å². The van der Waals surface area contributed by atoms with Gasteiger partial charge in [-0.3, -0.25) is 4.90 Å². The predicted octanol–water partition coefficient (Wildman–Crippen LogP) is 5.37. The highest BCUT2D eigenvalue weighted by atomic mass is 16.5. The Morgan fingerprint density at radius 2 is 2.19 bits per heavy atom. The predicted molar refractivity (Wildman–Crippen MR) is 130 cm³/mol. The van der Waals surface area contributed by atoms with Gasteiger partial charge in [0.15, 0.2) is 0 Å². The second-order valence-electron chi connectivity index (χ2n) is 9.56. The largest absolute Gasteiger partial charge is 0.370 e. The number of ether oxygens (including phenoxy) is 1. The SMILES string of the molecule is C1=CC2CC23C=C1c1ccnc(n1)Nc1cccc(c1)CN(CC1CC1)C/C=C/CCO3.[HH]. The van der Waals surface area contributed by atoms with Crippen LogP contribution in [-0.2, 0) is 11.3 Å². The van der Waals surface area contributed by atoms with Gasteiger partial charge in [-0.15, -0.1) is 0 Å². The quantitative estimate of drug-likeness (QED) is 0.652. The van der Waals surface area contributed by atoms with Gasteiger partial charge in [-0.1, -0.05) is 36.4 Å². The third kappa shape index (κ3) is 4.41. The van der Waals surface area contributed by atoms with Crippen molar-refractivity contribution < 1.29 is 6.16 Å². The number of aromatic nitrogens is 2. The smallest absolute Gasteiger partial charge is 0.227 e. The minimum absolute atomic E-state index is 0. The molecule has 0 radical (unpaired) electrons. The summed E-state index contributed by atoms with van der Waals surface area (Å²) in [5.41, 5.74) is 4.24. The summed E-state index contributed by atoms with van der Waals surface area (Å²) >= 11 is 0. The number of rotatable bonds is 2. The number of benzene rings is 1. The molecule has 6 rings (SSSR count). The van der Waals surface area contributed by atoms with Gasteiger partial charge in [0.1, 0.15) is 0 Å². The molecule has 1 aliphatic heterocycles. The van der Waals surface area contributed by atoms with Crippen molar-refractivity contribution in [2.75, 3.05) is 25.0 Å². The fraction of sp³-hybridized carbons (Fsp3) is 0.407. The number of nitrogens with one attached hydrogen (secondary N) is 1. The Labute approximate surface area is 191 Å². The van der Waals surface area contributed by atoms with Crippen molar-refractivity contribution in [1.29, 1.82) is 0 Å².